The van der Waals surface area contributed by atoms with Gasteiger partial charge in [-0.25, -0.2) is 9.78 Å². The van der Waals surface area contributed by atoms with Crippen LogP contribution in [-0.4, -0.2) is 23.0 Å². The number of rotatable bonds is 4. The van der Waals surface area contributed by atoms with Gasteiger partial charge in [0, 0.05) is 17.1 Å². The van der Waals surface area contributed by atoms with Gasteiger partial charge >= 0.3 is 5.97 Å². The van der Waals surface area contributed by atoms with Crippen molar-refractivity contribution in [3.05, 3.63) is 45.0 Å². The Morgan fingerprint density at radius 2 is 2.25 bits per heavy atom. The lowest BCUT2D eigenvalue weighted by Gasteiger charge is -2.06. The lowest BCUT2D eigenvalue weighted by Crippen LogP contribution is -2.04. The molecule has 1 N–H and O–H groups in total. The Morgan fingerprint density at radius 1 is 1.50 bits per heavy atom. The molecular weight excluding hydrogens is 282 g/mol. The third kappa shape index (κ3) is 2.91. The molecule has 1 aromatic carbocycles. The number of ether oxygens (including phenoxy) is 1. The molecule has 0 bridgehead atoms. The molecule has 104 valence electrons. The van der Waals surface area contributed by atoms with Gasteiger partial charge in [0.15, 0.2) is 5.13 Å². The smallest absolute Gasteiger partial charge is 0.337 e. The Balaban J connectivity index is 2.41. The van der Waals surface area contributed by atoms with E-state index in [0.29, 0.717) is 5.13 Å². The van der Waals surface area contributed by atoms with Gasteiger partial charge in [-0.2, -0.15) is 0 Å². The molecule has 0 aliphatic heterocycles. The molecule has 0 saturated heterocycles. The summed E-state index contributed by atoms with van der Waals surface area (Å²) in [5, 5.41) is 14.4. The van der Waals surface area contributed by atoms with Crippen LogP contribution in [0.2, 0.25) is 0 Å². The molecule has 2 aromatic rings. The van der Waals surface area contributed by atoms with Crippen LogP contribution in [0.5, 0.6) is 0 Å². The summed E-state index contributed by atoms with van der Waals surface area (Å²) in [5.41, 5.74) is 0.298. The van der Waals surface area contributed by atoms with E-state index in [1.54, 1.807) is 6.20 Å². The number of aryl methyl sites for hydroxylation is 1. The number of carbonyl (C=O) groups is 1. The first-order valence-electron chi connectivity index (χ1n) is 5.57. The average Bonchev–Trinajstić information content (AvgIpc) is 2.82. The van der Waals surface area contributed by atoms with Crippen LogP contribution >= 0.6 is 11.3 Å². The summed E-state index contributed by atoms with van der Waals surface area (Å²) in [4.78, 5) is 27.0. The number of nitro groups is 1. The lowest BCUT2D eigenvalue weighted by molar-refractivity contribution is -0.383. The SMILES string of the molecule is COC(=O)c1ccc([N+](=O)[O-])c(Nc2ncc(C)s2)c1. The number of carbonyl (C=O) groups excluding carboxylic acids is 1. The van der Waals surface area contributed by atoms with Gasteiger partial charge in [-0.3, -0.25) is 10.1 Å². The molecule has 0 unspecified atom stereocenters. The molecule has 0 aliphatic carbocycles. The standard InChI is InChI=1S/C12H11N3O4S/c1-7-6-13-12(20-7)14-9-5-8(11(16)19-2)3-4-10(9)15(17)18/h3-6H,1-2H3,(H,13,14). The Labute approximate surface area is 118 Å². The number of nitrogens with one attached hydrogen (secondary N) is 1. The largest absolute Gasteiger partial charge is 0.465 e. The summed E-state index contributed by atoms with van der Waals surface area (Å²) in [6.45, 7) is 1.88. The number of esters is 1. The van der Waals surface area contributed by atoms with Gasteiger partial charge < -0.3 is 10.1 Å². The summed E-state index contributed by atoms with van der Waals surface area (Å²) in [7, 11) is 1.25. The van der Waals surface area contributed by atoms with Crippen molar-refractivity contribution in [2.45, 2.75) is 6.92 Å². The number of methoxy groups -OCH3 is 1. The first kappa shape index (κ1) is 13.9. The highest BCUT2D eigenvalue weighted by molar-refractivity contribution is 7.15. The van der Waals surface area contributed by atoms with Crippen LogP contribution in [0.3, 0.4) is 0 Å². The predicted octanol–water partition coefficient (Wildman–Crippen LogP) is 2.89. The maximum absolute atomic E-state index is 11.5. The summed E-state index contributed by atoms with van der Waals surface area (Å²) in [6.07, 6.45) is 1.66. The molecule has 2 rings (SSSR count). The number of hydrogen-bond acceptors (Lipinski definition) is 7. The number of benzene rings is 1. The molecule has 7 nitrogen and oxygen atoms in total. The number of nitro benzene ring substituents is 1. The van der Waals surface area contributed by atoms with Gasteiger partial charge in [0.1, 0.15) is 5.69 Å². The second-order valence-corrected chi connectivity index (χ2v) is 5.12. The van der Waals surface area contributed by atoms with Gasteiger partial charge in [0.25, 0.3) is 5.69 Å². The summed E-state index contributed by atoms with van der Waals surface area (Å²) in [5.74, 6) is -0.557. The molecule has 0 saturated carbocycles. The minimum absolute atomic E-state index is 0.134. The number of thiazole rings is 1. The van der Waals surface area contributed by atoms with Gasteiger partial charge in [0.05, 0.1) is 17.6 Å². The van der Waals surface area contributed by atoms with E-state index in [2.05, 4.69) is 15.0 Å². The van der Waals surface area contributed by atoms with Crippen molar-refractivity contribution in [1.29, 1.82) is 0 Å². The van der Waals surface area contributed by atoms with E-state index in [1.165, 1.54) is 36.6 Å². The monoisotopic (exact) mass is 293 g/mol. The van der Waals surface area contributed by atoms with E-state index in [9.17, 15) is 14.9 Å². The van der Waals surface area contributed by atoms with Crippen molar-refractivity contribution in [2.24, 2.45) is 0 Å². The normalized spacial score (nSPS) is 10.1. The Hall–Kier alpha value is -2.48. The van der Waals surface area contributed by atoms with Crippen LogP contribution in [0, 0.1) is 17.0 Å². The van der Waals surface area contributed by atoms with E-state index in [-0.39, 0.29) is 16.9 Å². The molecule has 0 atom stereocenters. The summed E-state index contributed by atoms with van der Waals surface area (Å²) in [6, 6.07) is 3.98. The van der Waals surface area contributed by atoms with Crippen molar-refractivity contribution in [3.63, 3.8) is 0 Å². The number of nitrogens with zero attached hydrogens (tertiary/aromatic N) is 2. The van der Waals surface area contributed by atoms with Crippen LogP contribution in [0.25, 0.3) is 0 Å². The maximum Gasteiger partial charge on any atom is 0.337 e. The van der Waals surface area contributed by atoms with Gasteiger partial charge in [-0.15, -0.1) is 11.3 Å². The molecule has 1 heterocycles. The summed E-state index contributed by atoms with van der Waals surface area (Å²) >= 11 is 1.36. The van der Waals surface area contributed by atoms with E-state index < -0.39 is 10.9 Å². The zero-order chi connectivity index (χ0) is 14.7. The van der Waals surface area contributed by atoms with Crippen LogP contribution in [0.1, 0.15) is 15.2 Å². The zero-order valence-corrected chi connectivity index (χ0v) is 11.6. The molecular formula is C12H11N3O4S. The van der Waals surface area contributed by atoms with Crippen LogP contribution in [0.15, 0.2) is 24.4 Å². The van der Waals surface area contributed by atoms with Crippen molar-refractivity contribution in [3.8, 4) is 0 Å². The van der Waals surface area contributed by atoms with Crippen LogP contribution in [-0.2, 0) is 4.74 Å². The molecule has 0 radical (unpaired) electrons. The fraction of sp³-hybridized carbons (Fsp3) is 0.167. The second kappa shape index (κ2) is 5.66. The second-order valence-electron chi connectivity index (χ2n) is 3.88. The molecule has 0 aliphatic rings. The third-order valence-corrected chi connectivity index (χ3v) is 3.31. The minimum Gasteiger partial charge on any atom is -0.465 e. The average molecular weight is 293 g/mol. The quantitative estimate of drug-likeness (QED) is 0.529. The minimum atomic E-state index is -0.557. The van der Waals surface area contributed by atoms with Crippen molar-refractivity contribution in [2.75, 3.05) is 12.4 Å². The Bertz CT molecular complexity index is 668. The molecule has 1 aromatic heterocycles. The molecule has 0 spiro atoms. The first-order chi connectivity index (χ1) is 9.51. The fourth-order valence-corrected chi connectivity index (χ4v) is 2.24. The molecule has 0 fully saturated rings. The number of anilines is 2. The highest BCUT2D eigenvalue weighted by Crippen LogP contribution is 2.30. The zero-order valence-electron chi connectivity index (χ0n) is 10.7. The third-order valence-electron chi connectivity index (χ3n) is 2.48. The van der Waals surface area contributed by atoms with Gasteiger partial charge in [-0.05, 0) is 19.1 Å². The first-order valence-corrected chi connectivity index (χ1v) is 6.39. The number of aromatic nitrogens is 1. The maximum atomic E-state index is 11.5. The van der Waals surface area contributed by atoms with E-state index >= 15 is 0 Å². The van der Waals surface area contributed by atoms with Crippen molar-refractivity contribution in [1.82, 2.24) is 4.98 Å². The van der Waals surface area contributed by atoms with E-state index in [1.807, 2.05) is 6.92 Å². The highest BCUT2D eigenvalue weighted by atomic mass is 32.1. The van der Waals surface area contributed by atoms with Gasteiger partial charge in [-0.1, -0.05) is 0 Å². The Kier molecular flexibility index (Phi) is 3.94. The highest BCUT2D eigenvalue weighted by Gasteiger charge is 2.18. The summed E-state index contributed by atoms with van der Waals surface area (Å²) < 4.78 is 4.60. The molecule has 8 heteroatoms. The van der Waals surface area contributed by atoms with Crippen molar-refractivity contribution >= 4 is 33.8 Å². The van der Waals surface area contributed by atoms with Crippen molar-refractivity contribution < 1.29 is 14.5 Å². The van der Waals surface area contributed by atoms with Crippen LogP contribution in [0.4, 0.5) is 16.5 Å². The predicted molar refractivity (Wildman–Crippen MR) is 74.6 cm³/mol. The molecule has 0 amide bonds. The Morgan fingerprint density at radius 3 is 2.80 bits per heavy atom. The van der Waals surface area contributed by atoms with Gasteiger partial charge in [0.2, 0.25) is 0 Å². The fourth-order valence-electron chi connectivity index (χ4n) is 1.57. The van der Waals surface area contributed by atoms with E-state index in [0.717, 1.165) is 4.88 Å². The van der Waals surface area contributed by atoms with Crippen LogP contribution < -0.4 is 5.32 Å². The topological polar surface area (TPSA) is 94.4 Å². The van der Waals surface area contributed by atoms with E-state index in [4.69, 9.17) is 0 Å². The lowest BCUT2D eigenvalue weighted by atomic mass is 10.1. The number of hydrogen-bond donors (Lipinski definition) is 1. The molecule has 20 heavy (non-hydrogen) atoms.